The number of benzene rings is 2. The summed E-state index contributed by atoms with van der Waals surface area (Å²) in [6, 6.07) is 12.4. The van der Waals surface area contributed by atoms with E-state index >= 15 is 0 Å². The molecular formula is C29H27ClN6O5. The number of ether oxygens (including phenoxy) is 3. The van der Waals surface area contributed by atoms with Crippen LogP contribution in [-0.4, -0.2) is 51.7 Å². The van der Waals surface area contributed by atoms with Gasteiger partial charge < -0.3 is 24.4 Å². The number of rotatable bonds is 9. The van der Waals surface area contributed by atoms with Crippen LogP contribution in [0.15, 0.2) is 73.8 Å². The maximum absolute atomic E-state index is 12.8. The zero-order chi connectivity index (χ0) is 28.8. The fourth-order valence-electron chi connectivity index (χ4n) is 4.42. The van der Waals surface area contributed by atoms with Crippen LogP contribution in [0.4, 0.5) is 22.0 Å². The Kier molecular flexibility index (Phi) is 8.44. The van der Waals surface area contributed by atoms with Crippen LogP contribution in [-0.2, 0) is 16.1 Å². The molecule has 3 heterocycles. The van der Waals surface area contributed by atoms with Gasteiger partial charge in [-0.25, -0.2) is 14.8 Å². The average molecular weight is 575 g/mol. The Morgan fingerprint density at radius 1 is 1.20 bits per heavy atom. The molecule has 1 fully saturated rings. The maximum Gasteiger partial charge on any atom is 0.413 e. The van der Waals surface area contributed by atoms with Crippen LogP contribution in [0.3, 0.4) is 0 Å². The molecule has 2 aromatic carbocycles. The molecule has 41 heavy (non-hydrogen) atoms. The van der Waals surface area contributed by atoms with Gasteiger partial charge in [0.25, 0.3) is 0 Å². The molecule has 0 bridgehead atoms. The molecule has 1 aliphatic heterocycles. The van der Waals surface area contributed by atoms with Crippen molar-refractivity contribution in [2.24, 2.45) is 0 Å². The van der Waals surface area contributed by atoms with Gasteiger partial charge in [0.2, 0.25) is 5.91 Å². The summed E-state index contributed by atoms with van der Waals surface area (Å²) in [6.07, 6.45) is 5.93. The monoisotopic (exact) mass is 574 g/mol. The molecule has 1 saturated heterocycles. The van der Waals surface area contributed by atoms with Crippen molar-refractivity contribution in [3.63, 3.8) is 0 Å². The molecule has 2 amide bonds. The number of halogens is 1. The minimum atomic E-state index is -0.726. The highest BCUT2D eigenvalue weighted by molar-refractivity contribution is 6.32. The number of methoxy groups -OCH3 is 1. The molecule has 0 saturated carbocycles. The zero-order valence-electron chi connectivity index (χ0n) is 22.2. The highest BCUT2D eigenvalue weighted by atomic mass is 35.5. The first kappa shape index (κ1) is 27.7. The van der Waals surface area contributed by atoms with Gasteiger partial charge in [0, 0.05) is 48.1 Å². The molecular weight excluding hydrogens is 548 g/mol. The van der Waals surface area contributed by atoms with Crippen molar-refractivity contribution < 1.29 is 23.8 Å². The number of carbonyl (C=O) groups is 2. The molecule has 12 heteroatoms. The third-order valence-electron chi connectivity index (χ3n) is 6.40. The Morgan fingerprint density at radius 3 is 2.83 bits per heavy atom. The third-order valence-corrected chi connectivity index (χ3v) is 6.70. The third kappa shape index (κ3) is 6.47. The minimum Gasteiger partial charge on any atom is -0.494 e. The van der Waals surface area contributed by atoms with E-state index in [1.807, 2.05) is 18.2 Å². The fraction of sp³-hybridized carbons (Fsp3) is 0.207. The maximum atomic E-state index is 12.8. The van der Waals surface area contributed by atoms with Gasteiger partial charge in [-0.1, -0.05) is 24.2 Å². The number of pyridine rings is 1. The van der Waals surface area contributed by atoms with Crippen LogP contribution in [0.2, 0.25) is 5.02 Å². The number of hydrogen-bond acceptors (Lipinski definition) is 9. The lowest BCUT2D eigenvalue weighted by atomic mass is 10.2. The van der Waals surface area contributed by atoms with E-state index in [0.717, 1.165) is 12.0 Å². The van der Waals surface area contributed by atoms with Crippen molar-refractivity contribution in [1.82, 2.24) is 19.9 Å². The van der Waals surface area contributed by atoms with Crippen molar-refractivity contribution in [2.45, 2.75) is 25.7 Å². The number of nitrogens with one attached hydrogen (secondary N) is 2. The van der Waals surface area contributed by atoms with E-state index in [1.165, 1.54) is 24.4 Å². The lowest BCUT2D eigenvalue weighted by molar-refractivity contribution is -0.132. The Bertz CT molecular complexity index is 1590. The number of amides is 2. The summed E-state index contributed by atoms with van der Waals surface area (Å²) in [5.74, 6) is 1.10. The van der Waals surface area contributed by atoms with Gasteiger partial charge in [0.1, 0.15) is 30.3 Å². The lowest BCUT2D eigenvalue weighted by Gasteiger charge is -2.23. The molecule has 2 aromatic heterocycles. The molecule has 5 rings (SSSR count). The van der Waals surface area contributed by atoms with Crippen LogP contribution >= 0.6 is 11.6 Å². The van der Waals surface area contributed by atoms with Crippen molar-refractivity contribution in [3.05, 3.63) is 84.4 Å². The summed E-state index contributed by atoms with van der Waals surface area (Å²) in [5.41, 5.74) is 2.52. The lowest BCUT2D eigenvalue weighted by Crippen LogP contribution is -2.38. The molecule has 4 aromatic rings. The van der Waals surface area contributed by atoms with Crippen molar-refractivity contribution in [2.75, 3.05) is 24.3 Å². The summed E-state index contributed by atoms with van der Waals surface area (Å²) >= 11 is 6.49. The topological polar surface area (TPSA) is 128 Å². The number of fused-ring (bicyclic) bond motifs is 1. The molecule has 0 unspecified atom stereocenters. The van der Waals surface area contributed by atoms with E-state index in [-0.39, 0.29) is 5.91 Å². The molecule has 0 aliphatic carbocycles. The summed E-state index contributed by atoms with van der Waals surface area (Å²) in [5, 5.41) is 7.00. The van der Waals surface area contributed by atoms with E-state index in [1.54, 1.807) is 36.7 Å². The van der Waals surface area contributed by atoms with E-state index in [2.05, 4.69) is 32.2 Å². The van der Waals surface area contributed by atoms with Gasteiger partial charge in [0.15, 0.2) is 6.23 Å². The van der Waals surface area contributed by atoms with Crippen molar-refractivity contribution in [1.29, 1.82) is 0 Å². The molecule has 1 atom stereocenters. The Balaban J connectivity index is 1.33. The Hall–Kier alpha value is -4.90. The highest BCUT2D eigenvalue weighted by Gasteiger charge is 2.30. The second-order valence-electron chi connectivity index (χ2n) is 9.08. The summed E-state index contributed by atoms with van der Waals surface area (Å²) in [6.45, 7) is 4.34. The highest BCUT2D eigenvalue weighted by Crippen LogP contribution is 2.35. The molecule has 1 aliphatic rings. The molecule has 0 spiro atoms. The molecule has 11 nitrogen and oxygen atoms in total. The van der Waals surface area contributed by atoms with Gasteiger partial charge in [-0.2, -0.15) is 0 Å². The molecule has 0 radical (unpaired) electrons. The molecule has 2 N–H and O–H groups in total. The van der Waals surface area contributed by atoms with E-state index in [0.29, 0.717) is 64.2 Å². The largest absolute Gasteiger partial charge is 0.494 e. The number of carbonyl (C=O) groups excluding carboxylic acids is 2. The average Bonchev–Trinajstić information content (AvgIpc) is 3.44. The van der Waals surface area contributed by atoms with Gasteiger partial charge >= 0.3 is 6.09 Å². The van der Waals surface area contributed by atoms with Crippen molar-refractivity contribution in [3.8, 4) is 11.5 Å². The summed E-state index contributed by atoms with van der Waals surface area (Å²) in [7, 11) is 1.49. The summed E-state index contributed by atoms with van der Waals surface area (Å²) in [4.78, 5) is 39.1. The van der Waals surface area contributed by atoms with Crippen LogP contribution in [0.25, 0.3) is 10.9 Å². The number of nitrogens with zero attached hydrogens (tertiary/aromatic N) is 4. The predicted octanol–water partition coefficient (Wildman–Crippen LogP) is 5.69. The van der Waals surface area contributed by atoms with Gasteiger partial charge in [-0.3, -0.25) is 15.1 Å². The summed E-state index contributed by atoms with van der Waals surface area (Å²) < 4.78 is 16.8. The first-order chi connectivity index (χ1) is 19.9. The minimum absolute atomic E-state index is 0.287. The number of hydrogen-bond donors (Lipinski definition) is 2. The van der Waals surface area contributed by atoms with Crippen molar-refractivity contribution >= 4 is 51.7 Å². The quantitative estimate of drug-likeness (QED) is 0.242. The van der Waals surface area contributed by atoms with Crippen LogP contribution in [0, 0.1) is 0 Å². The number of likely N-dealkylation sites (tertiary alicyclic amines) is 1. The van der Waals surface area contributed by atoms with Crippen LogP contribution in [0.5, 0.6) is 11.5 Å². The Morgan fingerprint density at radius 2 is 2.07 bits per heavy atom. The van der Waals surface area contributed by atoms with E-state index in [9.17, 15) is 9.59 Å². The predicted molar refractivity (Wildman–Crippen MR) is 154 cm³/mol. The first-order valence-electron chi connectivity index (χ1n) is 12.8. The van der Waals surface area contributed by atoms with Crippen LogP contribution < -0.4 is 20.1 Å². The van der Waals surface area contributed by atoms with Gasteiger partial charge in [0.05, 0.1) is 23.3 Å². The second-order valence-corrected chi connectivity index (χ2v) is 9.48. The standard InChI is InChI=1S/C29H27ClN6O5/c1-3-26(37)36-11-5-7-27(36)41-29(38)35-23-13-20-22(14-25(23)39-2)32-17-33-28(20)34-19-8-9-24(21(30)12-19)40-16-18-6-4-10-31-15-18/h3-4,6,8-10,12-15,17,27H,1,5,7,11,16H2,2H3,(H,35,38)(H,32,33,34)/t27-/m0/s1. The fourth-order valence-corrected chi connectivity index (χ4v) is 4.65. The SMILES string of the molecule is C=CC(=O)N1CCC[C@@H]1OC(=O)Nc1cc2c(Nc3ccc(OCc4cccnc4)c(Cl)c3)ncnc2cc1OC. The first-order valence-corrected chi connectivity index (χ1v) is 13.1. The number of aromatic nitrogens is 3. The zero-order valence-corrected chi connectivity index (χ0v) is 22.9. The Labute approximate surface area is 241 Å². The normalized spacial score (nSPS) is 14.4. The molecule has 210 valence electrons. The van der Waals surface area contributed by atoms with E-state index < -0.39 is 12.3 Å². The van der Waals surface area contributed by atoms with E-state index in [4.69, 9.17) is 25.8 Å². The van der Waals surface area contributed by atoms with Gasteiger partial charge in [-0.15, -0.1) is 0 Å². The smallest absolute Gasteiger partial charge is 0.413 e. The second kappa shape index (κ2) is 12.5. The van der Waals surface area contributed by atoms with Crippen LogP contribution in [0.1, 0.15) is 18.4 Å². The van der Waals surface area contributed by atoms with Gasteiger partial charge in [-0.05, 0) is 42.8 Å². The number of anilines is 3.